The number of hydrogen-bond acceptors (Lipinski definition) is 3. The molecule has 0 aliphatic heterocycles. The maximum atomic E-state index is 11.9. The summed E-state index contributed by atoms with van der Waals surface area (Å²) in [5.74, 6) is -0.711. The Balaban J connectivity index is 1.99. The number of rotatable bonds is 5. The van der Waals surface area contributed by atoms with E-state index >= 15 is 0 Å². The third-order valence-corrected chi connectivity index (χ3v) is 3.16. The van der Waals surface area contributed by atoms with Crippen molar-refractivity contribution in [3.8, 4) is 6.07 Å². The number of carbonyl (C=O) groups is 2. The van der Waals surface area contributed by atoms with Gasteiger partial charge in [-0.25, -0.2) is 0 Å². The molecule has 0 bridgehead atoms. The Hall–Kier alpha value is -3.10. The van der Waals surface area contributed by atoms with Crippen molar-refractivity contribution in [1.82, 2.24) is 0 Å². The van der Waals surface area contributed by atoms with E-state index in [-0.39, 0.29) is 12.3 Å². The lowest BCUT2D eigenvalue weighted by Crippen LogP contribution is -2.11. The molecule has 2 aromatic carbocycles. The second-order valence-corrected chi connectivity index (χ2v) is 5.28. The zero-order valence-electron chi connectivity index (χ0n) is 12.6. The van der Waals surface area contributed by atoms with Crippen molar-refractivity contribution in [2.75, 3.05) is 10.6 Å². The van der Waals surface area contributed by atoms with E-state index in [0.29, 0.717) is 16.4 Å². The number of benzene rings is 2. The Bertz CT molecular complexity index is 825. The molecule has 0 spiro atoms. The fourth-order valence-corrected chi connectivity index (χ4v) is 2.12. The standard InChI is InChI=1S/C18H14ClN3O2/c19-14-4-1-3-13(11-14)7-8-17(23)21-15-5-2-6-16(12-15)22-18(24)9-10-20/h1-8,11-12H,9H2,(H,21,23)(H,22,24)/b8-7+. The summed E-state index contributed by atoms with van der Waals surface area (Å²) in [7, 11) is 0. The molecule has 0 heterocycles. The maximum absolute atomic E-state index is 11.9. The van der Waals surface area contributed by atoms with Crippen LogP contribution in [0.15, 0.2) is 54.6 Å². The smallest absolute Gasteiger partial charge is 0.248 e. The van der Waals surface area contributed by atoms with Crippen LogP contribution in [0.3, 0.4) is 0 Å². The van der Waals surface area contributed by atoms with Crippen LogP contribution in [0.1, 0.15) is 12.0 Å². The van der Waals surface area contributed by atoms with Crippen LogP contribution < -0.4 is 10.6 Å². The summed E-state index contributed by atoms with van der Waals surface area (Å²) in [5.41, 5.74) is 1.85. The van der Waals surface area contributed by atoms with Gasteiger partial charge < -0.3 is 10.6 Å². The summed E-state index contributed by atoms with van der Waals surface area (Å²) in [5, 5.41) is 14.3. The molecule has 120 valence electrons. The van der Waals surface area contributed by atoms with Crippen LogP contribution in [0.25, 0.3) is 6.08 Å². The van der Waals surface area contributed by atoms with E-state index < -0.39 is 5.91 Å². The minimum atomic E-state index is -0.401. The Morgan fingerprint density at radius 2 is 1.79 bits per heavy atom. The third-order valence-electron chi connectivity index (χ3n) is 2.93. The summed E-state index contributed by atoms with van der Waals surface area (Å²) in [6.07, 6.45) is 2.82. The molecular formula is C18H14ClN3O2. The topological polar surface area (TPSA) is 82.0 Å². The first-order chi connectivity index (χ1) is 11.6. The van der Waals surface area contributed by atoms with Gasteiger partial charge in [0.2, 0.25) is 11.8 Å². The summed E-state index contributed by atoms with van der Waals surface area (Å²) >= 11 is 5.88. The molecular weight excluding hydrogens is 326 g/mol. The van der Waals surface area contributed by atoms with Crippen molar-refractivity contribution in [2.45, 2.75) is 6.42 Å². The largest absolute Gasteiger partial charge is 0.325 e. The lowest BCUT2D eigenvalue weighted by molar-refractivity contribution is -0.115. The van der Waals surface area contributed by atoms with Gasteiger partial charge in [-0.3, -0.25) is 9.59 Å². The van der Waals surface area contributed by atoms with Crippen LogP contribution in [-0.4, -0.2) is 11.8 Å². The molecule has 2 N–H and O–H groups in total. The van der Waals surface area contributed by atoms with Crippen LogP contribution in [0, 0.1) is 11.3 Å². The molecule has 5 nitrogen and oxygen atoms in total. The van der Waals surface area contributed by atoms with E-state index in [1.807, 2.05) is 6.07 Å². The first kappa shape index (κ1) is 17.3. The van der Waals surface area contributed by atoms with E-state index in [4.69, 9.17) is 16.9 Å². The SMILES string of the molecule is N#CCC(=O)Nc1cccc(NC(=O)/C=C/c2cccc(Cl)c2)c1. The van der Waals surface area contributed by atoms with Crippen LogP contribution in [0.4, 0.5) is 11.4 Å². The number of nitriles is 1. The Labute approximate surface area is 144 Å². The van der Waals surface area contributed by atoms with Gasteiger partial charge in [0.1, 0.15) is 6.42 Å². The lowest BCUT2D eigenvalue weighted by Gasteiger charge is -2.06. The van der Waals surface area contributed by atoms with Gasteiger partial charge in [0.15, 0.2) is 0 Å². The molecule has 2 aromatic rings. The van der Waals surface area contributed by atoms with Gasteiger partial charge in [0.05, 0.1) is 6.07 Å². The van der Waals surface area contributed by atoms with E-state index in [0.717, 1.165) is 5.56 Å². The second-order valence-electron chi connectivity index (χ2n) is 4.84. The summed E-state index contributed by atoms with van der Waals surface area (Å²) in [6.45, 7) is 0. The van der Waals surface area contributed by atoms with Crippen molar-refractivity contribution in [1.29, 1.82) is 5.26 Å². The van der Waals surface area contributed by atoms with E-state index in [1.54, 1.807) is 54.6 Å². The average Bonchev–Trinajstić information content (AvgIpc) is 2.53. The molecule has 0 saturated carbocycles. The highest BCUT2D eigenvalue weighted by Crippen LogP contribution is 2.16. The minimum absolute atomic E-state index is 0.223. The third kappa shape index (κ3) is 5.59. The number of amides is 2. The number of nitrogens with zero attached hydrogens (tertiary/aromatic N) is 1. The maximum Gasteiger partial charge on any atom is 0.248 e. The molecule has 0 atom stereocenters. The number of anilines is 2. The molecule has 2 amide bonds. The van der Waals surface area contributed by atoms with Gasteiger partial charge in [0.25, 0.3) is 0 Å². The lowest BCUT2D eigenvalue weighted by atomic mass is 10.2. The molecule has 6 heteroatoms. The fourth-order valence-electron chi connectivity index (χ4n) is 1.92. The zero-order valence-corrected chi connectivity index (χ0v) is 13.4. The monoisotopic (exact) mass is 339 g/mol. The van der Waals surface area contributed by atoms with Crippen LogP contribution >= 0.6 is 11.6 Å². The molecule has 0 aliphatic carbocycles. The number of nitrogens with one attached hydrogen (secondary N) is 2. The number of carbonyl (C=O) groups excluding carboxylic acids is 2. The number of halogens is 1. The normalized spacial score (nSPS) is 10.2. The van der Waals surface area contributed by atoms with E-state index in [2.05, 4.69) is 10.6 Å². The van der Waals surface area contributed by atoms with E-state index in [1.165, 1.54) is 6.08 Å². The van der Waals surface area contributed by atoms with Crippen molar-refractivity contribution in [3.05, 3.63) is 65.2 Å². The Morgan fingerprint density at radius 3 is 2.50 bits per heavy atom. The van der Waals surface area contributed by atoms with Gasteiger partial charge >= 0.3 is 0 Å². The van der Waals surface area contributed by atoms with Crippen molar-refractivity contribution in [2.24, 2.45) is 0 Å². The molecule has 0 radical (unpaired) electrons. The van der Waals surface area contributed by atoms with Gasteiger partial charge in [-0.1, -0.05) is 29.8 Å². The van der Waals surface area contributed by atoms with Gasteiger partial charge in [-0.2, -0.15) is 5.26 Å². The van der Waals surface area contributed by atoms with Crippen molar-refractivity contribution in [3.63, 3.8) is 0 Å². The van der Waals surface area contributed by atoms with E-state index in [9.17, 15) is 9.59 Å². The summed E-state index contributed by atoms with van der Waals surface area (Å²) in [4.78, 5) is 23.3. The highest BCUT2D eigenvalue weighted by Gasteiger charge is 2.03. The van der Waals surface area contributed by atoms with Gasteiger partial charge in [0, 0.05) is 22.5 Å². The fraction of sp³-hybridized carbons (Fsp3) is 0.0556. The van der Waals surface area contributed by atoms with Gasteiger partial charge in [-0.15, -0.1) is 0 Å². The molecule has 0 aromatic heterocycles. The van der Waals surface area contributed by atoms with Crippen LogP contribution in [0.5, 0.6) is 0 Å². The first-order valence-corrected chi connectivity index (χ1v) is 7.46. The summed E-state index contributed by atoms with van der Waals surface area (Å²) in [6, 6.07) is 15.6. The zero-order chi connectivity index (χ0) is 17.4. The predicted octanol–water partition coefficient (Wildman–Crippen LogP) is 3.84. The highest BCUT2D eigenvalue weighted by atomic mass is 35.5. The Kier molecular flexibility index (Phi) is 6.12. The molecule has 0 unspecified atom stereocenters. The van der Waals surface area contributed by atoms with Gasteiger partial charge in [-0.05, 0) is 42.0 Å². The second kappa shape index (κ2) is 8.51. The first-order valence-electron chi connectivity index (χ1n) is 7.08. The van der Waals surface area contributed by atoms with Crippen molar-refractivity contribution >= 4 is 40.9 Å². The minimum Gasteiger partial charge on any atom is -0.325 e. The molecule has 0 fully saturated rings. The number of hydrogen-bond donors (Lipinski definition) is 2. The van der Waals surface area contributed by atoms with Crippen LogP contribution in [0.2, 0.25) is 5.02 Å². The average molecular weight is 340 g/mol. The van der Waals surface area contributed by atoms with Crippen molar-refractivity contribution < 1.29 is 9.59 Å². The molecule has 2 rings (SSSR count). The summed E-state index contributed by atoms with van der Waals surface area (Å²) < 4.78 is 0. The highest BCUT2D eigenvalue weighted by molar-refractivity contribution is 6.30. The molecule has 0 aliphatic rings. The molecule has 24 heavy (non-hydrogen) atoms. The predicted molar refractivity (Wildman–Crippen MR) is 94.4 cm³/mol. The Morgan fingerprint density at radius 1 is 1.08 bits per heavy atom. The molecule has 0 saturated heterocycles. The van der Waals surface area contributed by atoms with Crippen LogP contribution in [-0.2, 0) is 9.59 Å². The quantitative estimate of drug-likeness (QED) is 0.812.